The minimum absolute atomic E-state index is 0.0927. The summed E-state index contributed by atoms with van der Waals surface area (Å²) in [6.45, 7) is 19.2. The fourth-order valence-electron chi connectivity index (χ4n) is 4.38. The van der Waals surface area contributed by atoms with Crippen molar-refractivity contribution in [2.45, 2.75) is 78.6 Å². The maximum atomic E-state index is 12.6. The Morgan fingerprint density at radius 2 is 1.56 bits per heavy atom. The molecule has 0 aliphatic carbocycles. The van der Waals surface area contributed by atoms with Crippen molar-refractivity contribution in [3.05, 3.63) is 34.9 Å². The molecule has 0 saturated carbocycles. The van der Waals surface area contributed by atoms with E-state index in [-0.39, 0.29) is 5.91 Å². The van der Waals surface area contributed by atoms with Crippen molar-refractivity contribution < 1.29 is 14.0 Å². The number of carbonyl (C=O) groups excluding carboxylic acids is 2. The largest absolute Gasteiger partial charge is 0.412 e. The Hall–Kier alpha value is -1.46. The summed E-state index contributed by atoms with van der Waals surface area (Å²) < 4.78 is 6.62. The molecule has 0 N–H and O–H groups in total. The zero-order valence-corrected chi connectivity index (χ0v) is 19.3. The van der Waals surface area contributed by atoms with Gasteiger partial charge in [0.1, 0.15) is 0 Å². The van der Waals surface area contributed by atoms with E-state index in [1.165, 1.54) is 0 Å². The van der Waals surface area contributed by atoms with Crippen LogP contribution in [-0.4, -0.2) is 38.5 Å². The number of aldehydes is 1. The van der Waals surface area contributed by atoms with Crippen LogP contribution in [0.1, 0.15) is 81.7 Å². The van der Waals surface area contributed by atoms with Gasteiger partial charge in [-0.25, -0.2) is 0 Å². The first-order chi connectivity index (χ1) is 12.6. The lowest BCUT2D eigenvalue weighted by Gasteiger charge is -2.42. The predicted octanol–water partition coefficient (Wildman–Crippen LogP) is 5.67. The number of rotatable bonds is 10. The van der Waals surface area contributed by atoms with Gasteiger partial charge in [0.25, 0.3) is 5.91 Å². The second-order valence-corrected chi connectivity index (χ2v) is 13.6. The lowest BCUT2D eigenvalue weighted by molar-refractivity contribution is 0.0770. The standard InChI is InChI=1S/C22H37NO3Si/c1-9-23(10-2)22(25)21-12-11-19(13-20(21)14-24)15-26-27(16(3)4,17(5)6)18(7)8/h11-14,16-18H,9-10,15H2,1-8H3. The van der Waals surface area contributed by atoms with E-state index in [9.17, 15) is 9.59 Å². The second-order valence-electron chi connectivity index (χ2n) is 8.12. The molecule has 0 bridgehead atoms. The molecule has 1 amide bonds. The van der Waals surface area contributed by atoms with Gasteiger partial charge in [-0.2, -0.15) is 0 Å². The number of amides is 1. The van der Waals surface area contributed by atoms with Gasteiger partial charge >= 0.3 is 0 Å². The van der Waals surface area contributed by atoms with Crippen LogP contribution in [-0.2, 0) is 11.0 Å². The monoisotopic (exact) mass is 391 g/mol. The van der Waals surface area contributed by atoms with Crippen molar-refractivity contribution in [2.24, 2.45) is 0 Å². The first-order valence-corrected chi connectivity index (χ1v) is 12.3. The van der Waals surface area contributed by atoms with Gasteiger partial charge in [-0.3, -0.25) is 9.59 Å². The zero-order chi connectivity index (χ0) is 20.8. The molecule has 0 aromatic heterocycles. The summed E-state index contributed by atoms with van der Waals surface area (Å²) in [5.41, 5.74) is 3.38. The molecule has 0 aliphatic rings. The third-order valence-electron chi connectivity index (χ3n) is 5.72. The number of carbonyl (C=O) groups is 2. The molecule has 0 unspecified atom stereocenters. The van der Waals surface area contributed by atoms with Crippen molar-refractivity contribution >= 4 is 20.5 Å². The molecule has 152 valence electrons. The summed E-state index contributed by atoms with van der Waals surface area (Å²) in [6.07, 6.45) is 0.776. The van der Waals surface area contributed by atoms with Gasteiger partial charge in [-0.1, -0.05) is 47.6 Å². The van der Waals surface area contributed by atoms with Crippen molar-refractivity contribution in [3.63, 3.8) is 0 Å². The number of hydrogen-bond donors (Lipinski definition) is 0. The third-order valence-corrected chi connectivity index (χ3v) is 11.8. The van der Waals surface area contributed by atoms with Crippen LogP contribution in [0.5, 0.6) is 0 Å². The fourth-order valence-corrected chi connectivity index (χ4v) is 9.80. The third kappa shape index (κ3) is 5.08. The first-order valence-electron chi connectivity index (χ1n) is 10.2. The summed E-state index contributed by atoms with van der Waals surface area (Å²) in [5, 5.41) is 0. The molecular formula is C22H37NO3Si. The molecule has 1 rings (SSSR count). The van der Waals surface area contributed by atoms with E-state index in [1.807, 2.05) is 26.0 Å². The number of hydrogen-bond acceptors (Lipinski definition) is 3. The Bertz CT molecular complexity index is 615. The summed E-state index contributed by atoms with van der Waals surface area (Å²) in [5.74, 6) is -0.0927. The molecule has 0 heterocycles. The minimum Gasteiger partial charge on any atom is -0.412 e. The Kier molecular flexibility index (Phi) is 8.89. The maximum absolute atomic E-state index is 12.6. The van der Waals surface area contributed by atoms with Crippen molar-refractivity contribution in [2.75, 3.05) is 13.1 Å². The molecule has 4 nitrogen and oxygen atoms in total. The zero-order valence-electron chi connectivity index (χ0n) is 18.3. The topological polar surface area (TPSA) is 46.6 Å². The minimum atomic E-state index is -1.97. The highest BCUT2D eigenvalue weighted by Gasteiger charge is 2.44. The van der Waals surface area contributed by atoms with Gasteiger partial charge in [0, 0.05) is 18.7 Å². The highest BCUT2D eigenvalue weighted by molar-refractivity contribution is 6.77. The van der Waals surface area contributed by atoms with Crippen LogP contribution < -0.4 is 0 Å². The highest BCUT2D eigenvalue weighted by atomic mass is 28.4. The van der Waals surface area contributed by atoms with Crippen molar-refractivity contribution in [1.29, 1.82) is 0 Å². The Morgan fingerprint density at radius 3 is 1.96 bits per heavy atom. The van der Waals surface area contributed by atoms with Gasteiger partial charge < -0.3 is 9.33 Å². The molecule has 0 atom stereocenters. The van der Waals surface area contributed by atoms with Gasteiger partial charge in [0.05, 0.1) is 12.2 Å². The summed E-state index contributed by atoms with van der Waals surface area (Å²) in [6, 6.07) is 5.50. The lowest BCUT2D eigenvalue weighted by atomic mass is 10.0. The summed E-state index contributed by atoms with van der Waals surface area (Å²) >= 11 is 0. The summed E-state index contributed by atoms with van der Waals surface area (Å²) in [7, 11) is -1.97. The molecule has 0 spiro atoms. The van der Waals surface area contributed by atoms with E-state index >= 15 is 0 Å². The van der Waals surface area contributed by atoms with E-state index in [2.05, 4.69) is 41.5 Å². The average molecular weight is 392 g/mol. The molecule has 5 heteroatoms. The molecule has 0 fully saturated rings. The summed E-state index contributed by atoms with van der Waals surface area (Å²) in [4.78, 5) is 26.0. The molecule has 1 aromatic rings. The van der Waals surface area contributed by atoms with Crippen LogP contribution in [0.25, 0.3) is 0 Å². The smallest absolute Gasteiger partial charge is 0.254 e. The molecule has 0 saturated heterocycles. The molecule has 0 aliphatic heterocycles. The Labute approximate surface area is 166 Å². The van der Waals surface area contributed by atoms with Crippen LogP contribution in [0.2, 0.25) is 16.6 Å². The van der Waals surface area contributed by atoms with Gasteiger partial charge in [0.15, 0.2) is 6.29 Å². The van der Waals surface area contributed by atoms with Gasteiger partial charge in [-0.05, 0) is 48.2 Å². The van der Waals surface area contributed by atoms with Crippen molar-refractivity contribution in [1.82, 2.24) is 4.90 Å². The van der Waals surface area contributed by atoms with Crippen LogP contribution >= 0.6 is 0 Å². The second kappa shape index (κ2) is 10.2. The number of nitrogens with zero attached hydrogens (tertiary/aromatic N) is 1. The Morgan fingerprint density at radius 1 is 1.04 bits per heavy atom. The number of benzene rings is 1. The quantitative estimate of drug-likeness (QED) is 0.381. The lowest BCUT2D eigenvalue weighted by Crippen LogP contribution is -2.47. The van der Waals surface area contributed by atoms with Crippen LogP contribution in [0, 0.1) is 0 Å². The SMILES string of the molecule is CCN(CC)C(=O)c1ccc(CO[Si](C(C)C)(C(C)C)C(C)C)cc1C=O. The van der Waals surface area contributed by atoms with E-state index in [0.29, 0.717) is 47.4 Å². The van der Waals surface area contributed by atoms with E-state index < -0.39 is 8.32 Å². The first kappa shape index (κ1) is 23.6. The molecular weight excluding hydrogens is 354 g/mol. The van der Waals surface area contributed by atoms with Gasteiger partial charge in [-0.15, -0.1) is 0 Å². The maximum Gasteiger partial charge on any atom is 0.254 e. The van der Waals surface area contributed by atoms with E-state index in [0.717, 1.165) is 11.8 Å². The Balaban J connectivity index is 3.13. The van der Waals surface area contributed by atoms with Gasteiger partial charge in [0.2, 0.25) is 8.32 Å². The molecule has 1 aromatic carbocycles. The normalized spacial score (nSPS) is 12.1. The molecule has 0 radical (unpaired) electrons. The van der Waals surface area contributed by atoms with Crippen LogP contribution in [0.4, 0.5) is 0 Å². The average Bonchev–Trinajstić information content (AvgIpc) is 2.61. The van der Waals surface area contributed by atoms with Crippen molar-refractivity contribution in [3.8, 4) is 0 Å². The predicted molar refractivity (Wildman–Crippen MR) is 115 cm³/mol. The van der Waals surface area contributed by atoms with Crippen LogP contribution in [0.3, 0.4) is 0 Å². The highest BCUT2D eigenvalue weighted by Crippen LogP contribution is 2.42. The van der Waals surface area contributed by atoms with E-state index in [1.54, 1.807) is 11.0 Å². The fraction of sp³-hybridized carbons (Fsp3) is 0.636. The molecule has 27 heavy (non-hydrogen) atoms. The van der Waals surface area contributed by atoms with E-state index in [4.69, 9.17) is 4.43 Å². The van der Waals surface area contributed by atoms with Crippen LogP contribution in [0.15, 0.2) is 18.2 Å².